The van der Waals surface area contributed by atoms with Gasteiger partial charge in [0.05, 0.1) is 18.8 Å². The van der Waals surface area contributed by atoms with Crippen LogP contribution in [0, 0.1) is 0 Å². The lowest BCUT2D eigenvalue weighted by molar-refractivity contribution is -0.130. The summed E-state index contributed by atoms with van der Waals surface area (Å²) in [5.74, 6) is 0.240. The third-order valence-electron chi connectivity index (χ3n) is 3.52. The fraction of sp³-hybridized carbons (Fsp3) is 0.286. The molecule has 0 saturated carbocycles. The Morgan fingerprint density at radius 1 is 0.960 bits per heavy atom. The molecule has 0 aliphatic carbocycles. The van der Waals surface area contributed by atoms with E-state index in [1.165, 1.54) is 0 Å². The molecule has 0 heterocycles. The molecule has 2 aromatic rings. The van der Waals surface area contributed by atoms with Crippen LogP contribution in [0.25, 0.3) is 11.6 Å². The minimum Gasteiger partial charge on any atom is -0.490 e. The molecule has 2 aromatic carbocycles. The first-order chi connectivity index (χ1) is 12.2. The maximum Gasteiger partial charge on any atom is 0.336 e. The Hall–Kier alpha value is -2.75. The number of hydrogen-bond donors (Lipinski definition) is 1. The molecule has 1 N–H and O–H groups in total. The van der Waals surface area contributed by atoms with Gasteiger partial charge in [-0.3, -0.25) is 0 Å². The molecule has 0 saturated heterocycles. The van der Waals surface area contributed by atoms with Crippen LogP contribution < -0.4 is 9.47 Å². The molecule has 4 nitrogen and oxygen atoms in total. The fourth-order valence-electron chi connectivity index (χ4n) is 2.32. The Labute approximate surface area is 148 Å². The van der Waals surface area contributed by atoms with Crippen LogP contribution in [-0.4, -0.2) is 24.3 Å². The number of carboxylic acids is 1. The smallest absolute Gasteiger partial charge is 0.336 e. The van der Waals surface area contributed by atoms with Crippen LogP contribution >= 0.6 is 0 Å². The van der Waals surface area contributed by atoms with E-state index in [1.54, 1.807) is 24.3 Å². The highest BCUT2D eigenvalue weighted by molar-refractivity contribution is 6.20. The second-order valence-electron chi connectivity index (χ2n) is 5.63. The van der Waals surface area contributed by atoms with Gasteiger partial charge in [0.25, 0.3) is 0 Å². The van der Waals surface area contributed by atoms with Crippen LogP contribution in [0.1, 0.15) is 37.8 Å². The molecule has 0 atom stereocenters. The predicted octanol–water partition coefficient (Wildman–Crippen LogP) is 4.89. The molecular weight excluding hydrogens is 316 g/mol. The van der Waals surface area contributed by atoms with Crippen molar-refractivity contribution in [3.63, 3.8) is 0 Å². The Balaban J connectivity index is 2.40. The highest BCUT2D eigenvalue weighted by Crippen LogP contribution is 2.32. The van der Waals surface area contributed by atoms with Gasteiger partial charge in [-0.15, -0.1) is 0 Å². The van der Waals surface area contributed by atoms with E-state index in [0.717, 1.165) is 18.4 Å². The summed E-state index contributed by atoms with van der Waals surface area (Å²) in [6.45, 7) is 5.20. The van der Waals surface area contributed by atoms with Crippen molar-refractivity contribution in [1.29, 1.82) is 0 Å². The van der Waals surface area contributed by atoms with E-state index >= 15 is 0 Å². The summed E-state index contributed by atoms with van der Waals surface area (Å²) in [5.41, 5.74) is 1.64. The highest BCUT2D eigenvalue weighted by atomic mass is 16.5. The fourth-order valence-corrected chi connectivity index (χ4v) is 2.32. The molecule has 0 radical (unpaired) electrons. The first-order valence-electron chi connectivity index (χ1n) is 8.55. The molecule has 0 aromatic heterocycles. The lowest BCUT2D eigenvalue weighted by Gasteiger charge is -2.14. The van der Waals surface area contributed by atoms with E-state index < -0.39 is 5.97 Å². The van der Waals surface area contributed by atoms with Crippen molar-refractivity contribution in [2.45, 2.75) is 26.7 Å². The summed E-state index contributed by atoms with van der Waals surface area (Å²) < 4.78 is 11.5. The number of aliphatic carboxylic acids is 1. The average Bonchev–Trinajstić information content (AvgIpc) is 2.63. The summed E-state index contributed by atoms with van der Waals surface area (Å²) >= 11 is 0. The summed E-state index contributed by atoms with van der Waals surface area (Å²) in [5, 5.41) is 9.63. The third kappa shape index (κ3) is 5.38. The van der Waals surface area contributed by atoms with Gasteiger partial charge in [-0.1, -0.05) is 50.2 Å². The van der Waals surface area contributed by atoms with Crippen LogP contribution in [0.3, 0.4) is 0 Å². The third-order valence-corrected chi connectivity index (χ3v) is 3.52. The van der Waals surface area contributed by atoms with E-state index in [2.05, 4.69) is 0 Å². The molecule has 2 rings (SSSR count). The summed E-state index contributed by atoms with van der Waals surface area (Å²) in [6, 6.07) is 14.7. The lowest BCUT2D eigenvalue weighted by Crippen LogP contribution is -2.04. The number of ether oxygens (including phenoxy) is 2. The number of rotatable bonds is 9. The normalized spacial score (nSPS) is 11.2. The largest absolute Gasteiger partial charge is 0.490 e. The zero-order valence-corrected chi connectivity index (χ0v) is 14.7. The highest BCUT2D eigenvalue weighted by Gasteiger charge is 2.14. The van der Waals surface area contributed by atoms with Crippen molar-refractivity contribution in [2.75, 3.05) is 13.2 Å². The Kier molecular flexibility index (Phi) is 7.08. The van der Waals surface area contributed by atoms with E-state index in [9.17, 15) is 9.90 Å². The van der Waals surface area contributed by atoms with Gasteiger partial charge in [-0.05, 0) is 42.2 Å². The summed E-state index contributed by atoms with van der Waals surface area (Å²) in [4.78, 5) is 11.7. The maximum atomic E-state index is 11.7. The predicted molar refractivity (Wildman–Crippen MR) is 100.0 cm³/mol. The van der Waals surface area contributed by atoms with Crippen LogP contribution in [-0.2, 0) is 4.79 Å². The van der Waals surface area contributed by atoms with Gasteiger partial charge in [0.2, 0.25) is 0 Å². The molecule has 25 heavy (non-hydrogen) atoms. The minimum atomic E-state index is -0.979. The molecule has 4 heteroatoms. The second-order valence-corrected chi connectivity index (χ2v) is 5.63. The maximum absolute atomic E-state index is 11.7. The van der Waals surface area contributed by atoms with Crippen LogP contribution in [0.2, 0.25) is 0 Å². The average molecular weight is 340 g/mol. The molecular formula is C21H24O4. The summed E-state index contributed by atoms with van der Waals surface area (Å²) in [7, 11) is 0. The van der Waals surface area contributed by atoms with E-state index in [-0.39, 0.29) is 5.57 Å². The van der Waals surface area contributed by atoms with E-state index in [4.69, 9.17) is 9.47 Å². The number of carboxylic acid groups (broad SMARTS) is 1. The van der Waals surface area contributed by atoms with Crippen LogP contribution in [0.5, 0.6) is 11.5 Å². The molecule has 0 fully saturated rings. The topological polar surface area (TPSA) is 55.8 Å². The number of carbonyl (C=O) groups is 1. The molecule has 0 spiro atoms. The quantitative estimate of drug-likeness (QED) is 0.521. The van der Waals surface area contributed by atoms with Gasteiger partial charge in [0.15, 0.2) is 11.5 Å². The van der Waals surface area contributed by atoms with Crippen LogP contribution in [0.4, 0.5) is 0 Å². The SMILES string of the molecule is CCCOc1ccc(C(=Cc2ccccc2)C(=O)O)cc1OCCC. The second kappa shape index (κ2) is 9.52. The number of benzene rings is 2. The van der Waals surface area contributed by atoms with Gasteiger partial charge < -0.3 is 14.6 Å². The Morgan fingerprint density at radius 2 is 1.60 bits per heavy atom. The monoisotopic (exact) mass is 340 g/mol. The molecule has 132 valence electrons. The molecule has 0 aliphatic heterocycles. The Morgan fingerprint density at radius 3 is 2.20 bits per heavy atom. The van der Waals surface area contributed by atoms with Gasteiger partial charge in [-0.2, -0.15) is 0 Å². The van der Waals surface area contributed by atoms with Crippen molar-refractivity contribution in [3.05, 3.63) is 59.7 Å². The van der Waals surface area contributed by atoms with E-state index in [0.29, 0.717) is 30.3 Å². The van der Waals surface area contributed by atoms with Gasteiger partial charge in [0.1, 0.15) is 0 Å². The van der Waals surface area contributed by atoms with Crippen molar-refractivity contribution < 1.29 is 19.4 Å². The van der Waals surface area contributed by atoms with Crippen molar-refractivity contribution >= 4 is 17.6 Å². The standard InChI is InChI=1S/C21H24O4/c1-3-12-24-19-11-10-17(15-20(19)25-13-4-2)18(21(22)23)14-16-8-6-5-7-9-16/h5-11,14-15H,3-4,12-13H2,1-2H3,(H,22,23). The van der Waals surface area contributed by atoms with Crippen molar-refractivity contribution in [1.82, 2.24) is 0 Å². The minimum absolute atomic E-state index is 0.217. The Bertz CT molecular complexity index is 720. The van der Waals surface area contributed by atoms with Gasteiger partial charge in [0, 0.05) is 0 Å². The first-order valence-corrected chi connectivity index (χ1v) is 8.55. The lowest BCUT2D eigenvalue weighted by atomic mass is 10.0. The zero-order chi connectivity index (χ0) is 18.1. The van der Waals surface area contributed by atoms with Crippen LogP contribution in [0.15, 0.2) is 48.5 Å². The molecule has 0 aliphatic rings. The molecule has 0 unspecified atom stereocenters. The molecule has 0 amide bonds. The van der Waals surface area contributed by atoms with Crippen molar-refractivity contribution in [2.24, 2.45) is 0 Å². The first kappa shape index (κ1) is 18.6. The van der Waals surface area contributed by atoms with Gasteiger partial charge in [-0.25, -0.2) is 4.79 Å². The van der Waals surface area contributed by atoms with Crippen molar-refractivity contribution in [3.8, 4) is 11.5 Å². The number of hydrogen-bond acceptors (Lipinski definition) is 3. The summed E-state index contributed by atoms with van der Waals surface area (Å²) in [6.07, 6.45) is 3.42. The molecule has 0 bridgehead atoms. The van der Waals surface area contributed by atoms with Gasteiger partial charge >= 0.3 is 5.97 Å². The van der Waals surface area contributed by atoms with E-state index in [1.807, 2.05) is 44.2 Å². The zero-order valence-electron chi connectivity index (χ0n) is 14.7.